The number of nitrogens with zero attached hydrogens (tertiary/aromatic N) is 3. The number of nitrogens with one attached hydrogen (secondary N) is 1. The van der Waals surface area contributed by atoms with Crippen LogP contribution >= 0.6 is 11.3 Å². The molecule has 1 aliphatic heterocycles. The fraction of sp³-hybridized carbons (Fsp3) is 0.545. The van der Waals surface area contributed by atoms with Crippen LogP contribution in [0.5, 0.6) is 0 Å². The molecule has 2 heterocycles. The standard InChI is InChI=1S/C22H30N4O2S/c1-4-6-8-16(5-2)21(28)26-14-7-9-18(26)19(27)23-22-25-24-20(29-22)17-12-10-15(3)11-13-17/h10-13,16,18H,4-9,14H2,1-3H3,(H,23,25,27)/t16-,18-/m0/s1. The first-order valence-electron chi connectivity index (χ1n) is 10.5. The van der Waals surface area contributed by atoms with Gasteiger partial charge in [-0.25, -0.2) is 0 Å². The first kappa shape index (κ1) is 21.4. The van der Waals surface area contributed by atoms with Crippen LogP contribution in [0, 0.1) is 12.8 Å². The lowest BCUT2D eigenvalue weighted by Crippen LogP contribution is -2.45. The van der Waals surface area contributed by atoms with Gasteiger partial charge in [0, 0.05) is 18.0 Å². The van der Waals surface area contributed by atoms with Crippen LogP contribution in [0.15, 0.2) is 24.3 Å². The SMILES string of the molecule is CCCC[C@H](CC)C(=O)N1CCC[C@H]1C(=O)Nc1nnc(-c2ccc(C)cc2)s1. The molecule has 2 aromatic rings. The van der Waals surface area contributed by atoms with Gasteiger partial charge in [0.25, 0.3) is 0 Å². The van der Waals surface area contributed by atoms with Crippen LogP contribution in [0.2, 0.25) is 0 Å². The number of hydrogen-bond donors (Lipinski definition) is 1. The molecule has 1 aromatic heterocycles. The Hall–Kier alpha value is -2.28. The Balaban J connectivity index is 1.65. The molecule has 3 rings (SSSR count). The number of benzene rings is 1. The second-order valence-electron chi connectivity index (χ2n) is 7.70. The molecule has 29 heavy (non-hydrogen) atoms. The van der Waals surface area contributed by atoms with Gasteiger partial charge in [0.2, 0.25) is 16.9 Å². The molecule has 2 amide bonds. The van der Waals surface area contributed by atoms with E-state index in [1.54, 1.807) is 4.90 Å². The van der Waals surface area contributed by atoms with Crippen LogP contribution in [0.1, 0.15) is 57.9 Å². The van der Waals surface area contributed by atoms with Gasteiger partial charge in [-0.3, -0.25) is 14.9 Å². The van der Waals surface area contributed by atoms with Crippen LogP contribution in [0.4, 0.5) is 5.13 Å². The van der Waals surface area contributed by atoms with Crippen molar-refractivity contribution in [2.45, 2.75) is 65.3 Å². The van der Waals surface area contributed by atoms with Gasteiger partial charge in [0.15, 0.2) is 0 Å². The largest absolute Gasteiger partial charge is 0.330 e. The van der Waals surface area contributed by atoms with Crippen LogP contribution in [0.25, 0.3) is 10.6 Å². The molecule has 0 radical (unpaired) electrons. The van der Waals surface area contributed by atoms with Gasteiger partial charge in [0.1, 0.15) is 11.0 Å². The summed E-state index contributed by atoms with van der Waals surface area (Å²) in [4.78, 5) is 27.6. The van der Waals surface area contributed by atoms with E-state index in [0.717, 1.165) is 42.7 Å². The lowest BCUT2D eigenvalue weighted by molar-refractivity contribution is -0.140. The highest BCUT2D eigenvalue weighted by molar-refractivity contribution is 7.18. The summed E-state index contributed by atoms with van der Waals surface area (Å²) in [6.07, 6.45) is 5.40. The fourth-order valence-corrected chi connectivity index (χ4v) is 4.52. The van der Waals surface area contributed by atoms with Crippen molar-refractivity contribution in [2.24, 2.45) is 5.92 Å². The number of likely N-dealkylation sites (tertiary alicyclic amines) is 1. The molecular weight excluding hydrogens is 384 g/mol. The zero-order valence-corrected chi connectivity index (χ0v) is 18.3. The Bertz CT molecular complexity index is 834. The average molecular weight is 415 g/mol. The normalized spacial score (nSPS) is 17.3. The minimum absolute atomic E-state index is 0.0121. The molecule has 1 saturated heterocycles. The van der Waals surface area contributed by atoms with Crippen molar-refractivity contribution in [3.05, 3.63) is 29.8 Å². The number of unbranched alkanes of at least 4 members (excludes halogenated alkanes) is 1. The van der Waals surface area contributed by atoms with Crippen molar-refractivity contribution in [3.8, 4) is 10.6 Å². The molecule has 0 bridgehead atoms. The second kappa shape index (κ2) is 9.96. The minimum Gasteiger partial charge on any atom is -0.330 e. The van der Waals surface area contributed by atoms with Gasteiger partial charge in [0.05, 0.1) is 0 Å². The van der Waals surface area contributed by atoms with E-state index in [1.807, 2.05) is 31.2 Å². The first-order chi connectivity index (χ1) is 14.0. The number of carbonyl (C=O) groups excluding carboxylic acids is 2. The van der Waals surface area contributed by atoms with Gasteiger partial charge in [-0.05, 0) is 32.6 Å². The summed E-state index contributed by atoms with van der Waals surface area (Å²) in [7, 11) is 0. The Kier molecular flexibility index (Phi) is 7.36. The molecule has 0 saturated carbocycles. The smallest absolute Gasteiger partial charge is 0.249 e. The number of anilines is 1. The highest BCUT2D eigenvalue weighted by Gasteiger charge is 2.36. The van der Waals surface area contributed by atoms with Gasteiger partial charge >= 0.3 is 0 Å². The lowest BCUT2D eigenvalue weighted by atomic mass is 9.97. The molecule has 0 spiro atoms. The van der Waals surface area contributed by atoms with Crippen molar-refractivity contribution < 1.29 is 9.59 Å². The Morgan fingerprint density at radius 1 is 1.24 bits per heavy atom. The summed E-state index contributed by atoms with van der Waals surface area (Å²) < 4.78 is 0. The highest BCUT2D eigenvalue weighted by Crippen LogP contribution is 2.28. The third kappa shape index (κ3) is 5.21. The van der Waals surface area contributed by atoms with E-state index in [-0.39, 0.29) is 17.7 Å². The fourth-order valence-electron chi connectivity index (χ4n) is 3.77. The summed E-state index contributed by atoms with van der Waals surface area (Å²) in [6.45, 7) is 6.88. The highest BCUT2D eigenvalue weighted by atomic mass is 32.1. The molecule has 156 valence electrons. The summed E-state index contributed by atoms with van der Waals surface area (Å²) >= 11 is 1.35. The van der Waals surface area contributed by atoms with Gasteiger partial charge < -0.3 is 4.90 Å². The van der Waals surface area contributed by atoms with Crippen LogP contribution in [-0.4, -0.2) is 39.5 Å². The summed E-state index contributed by atoms with van der Waals surface area (Å²) in [6, 6.07) is 7.64. The van der Waals surface area contributed by atoms with Crippen LogP contribution in [-0.2, 0) is 9.59 Å². The third-order valence-corrected chi connectivity index (χ3v) is 6.43. The maximum absolute atomic E-state index is 13.0. The predicted octanol–water partition coefficient (Wildman–Crippen LogP) is 4.66. The van der Waals surface area contributed by atoms with Crippen molar-refractivity contribution in [1.82, 2.24) is 15.1 Å². The molecule has 7 heteroatoms. The zero-order valence-electron chi connectivity index (χ0n) is 17.5. The minimum atomic E-state index is -0.412. The van der Waals surface area contributed by atoms with Crippen molar-refractivity contribution in [1.29, 1.82) is 0 Å². The van der Waals surface area contributed by atoms with Crippen molar-refractivity contribution in [2.75, 3.05) is 11.9 Å². The van der Waals surface area contributed by atoms with Gasteiger partial charge in [-0.1, -0.05) is 67.9 Å². The summed E-state index contributed by atoms with van der Waals surface area (Å²) in [5.41, 5.74) is 2.16. The molecule has 0 unspecified atom stereocenters. The zero-order chi connectivity index (χ0) is 20.8. The van der Waals surface area contributed by atoms with E-state index >= 15 is 0 Å². The Morgan fingerprint density at radius 2 is 2.00 bits per heavy atom. The third-order valence-electron chi connectivity index (χ3n) is 5.54. The van der Waals surface area contributed by atoms with Crippen LogP contribution < -0.4 is 5.32 Å². The molecule has 6 nitrogen and oxygen atoms in total. The molecule has 1 aromatic carbocycles. The topological polar surface area (TPSA) is 75.2 Å². The number of aromatic nitrogens is 2. The molecule has 1 N–H and O–H groups in total. The predicted molar refractivity (Wildman–Crippen MR) is 117 cm³/mol. The van der Waals surface area contributed by atoms with Gasteiger partial charge in [-0.2, -0.15) is 0 Å². The van der Waals surface area contributed by atoms with Crippen molar-refractivity contribution in [3.63, 3.8) is 0 Å². The second-order valence-corrected chi connectivity index (χ2v) is 8.68. The average Bonchev–Trinajstić information content (AvgIpc) is 3.38. The van der Waals surface area contributed by atoms with E-state index in [9.17, 15) is 9.59 Å². The molecule has 0 aliphatic carbocycles. The molecular formula is C22H30N4O2S. The summed E-state index contributed by atoms with van der Waals surface area (Å²) in [5.74, 6) is -0.0259. The maximum atomic E-state index is 13.0. The summed E-state index contributed by atoms with van der Waals surface area (Å²) in [5, 5.41) is 12.4. The quantitative estimate of drug-likeness (QED) is 0.682. The van der Waals surface area contributed by atoms with Crippen LogP contribution in [0.3, 0.4) is 0 Å². The monoisotopic (exact) mass is 414 g/mol. The van der Waals surface area contributed by atoms with E-state index in [2.05, 4.69) is 29.4 Å². The number of amides is 2. The van der Waals surface area contributed by atoms with E-state index in [0.29, 0.717) is 18.1 Å². The number of hydrogen-bond acceptors (Lipinski definition) is 5. The maximum Gasteiger partial charge on any atom is 0.249 e. The molecule has 2 atom stereocenters. The van der Waals surface area contributed by atoms with E-state index in [1.165, 1.54) is 16.9 Å². The first-order valence-corrected chi connectivity index (χ1v) is 11.4. The molecule has 1 aliphatic rings. The number of carbonyl (C=O) groups is 2. The van der Waals surface area contributed by atoms with Gasteiger partial charge in [-0.15, -0.1) is 10.2 Å². The Morgan fingerprint density at radius 3 is 2.69 bits per heavy atom. The number of rotatable bonds is 8. The van der Waals surface area contributed by atoms with E-state index in [4.69, 9.17) is 0 Å². The lowest BCUT2D eigenvalue weighted by Gasteiger charge is -2.27. The molecule has 1 fully saturated rings. The van der Waals surface area contributed by atoms with Crippen molar-refractivity contribution >= 4 is 28.3 Å². The van der Waals surface area contributed by atoms with E-state index < -0.39 is 6.04 Å². The Labute approximate surface area is 176 Å². The number of aryl methyl sites for hydroxylation is 1.